The van der Waals surface area contributed by atoms with Gasteiger partial charge in [-0.1, -0.05) is 5.21 Å². The molecule has 5 nitrogen and oxygen atoms in total. The molecule has 3 aromatic rings. The molecule has 0 fully saturated rings. The van der Waals surface area contributed by atoms with Crippen molar-refractivity contribution >= 4 is 0 Å². The van der Waals surface area contributed by atoms with E-state index in [2.05, 4.69) is 15.3 Å². The molecule has 0 unspecified atom stereocenters. The molecule has 25 heavy (non-hydrogen) atoms. The molecule has 1 atom stereocenters. The largest absolute Gasteiger partial charge is 0.327 e. The average molecular weight is 347 g/mol. The fraction of sp³-hybridized carbons (Fsp3) is 0.235. The number of rotatable bonds is 6. The van der Waals surface area contributed by atoms with Gasteiger partial charge in [-0.3, -0.25) is 9.67 Å². The van der Waals surface area contributed by atoms with Gasteiger partial charge < -0.3 is 5.73 Å². The zero-order valence-corrected chi connectivity index (χ0v) is 13.2. The molecule has 0 saturated carbocycles. The minimum absolute atomic E-state index is 0.0578. The fourth-order valence-corrected chi connectivity index (χ4v) is 2.47. The van der Waals surface area contributed by atoms with Crippen LogP contribution in [0.5, 0.6) is 0 Å². The second-order valence-electron chi connectivity index (χ2n) is 5.71. The number of hydrogen-bond acceptors (Lipinski definition) is 4. The maximum absolute atomic E-state index is 13.7. The summed E-state index contributed by atoms with van der Waals surface area (Å²) in [5.74, 6) is -3.09. The number of aryl methyl sites for hydroxylation is 1. The molecule has 0 aliphatic carbocycles. The highest BCUT2D eigenvalue weighted by molar-refractivity contribution is 5.56. The lowest BCUT2D eigenvalue weighted by molar-refractivity contribution is 0.473. The number of nitrogens with two attached hydrogens (primary N) is 1. The number of halogens is 3. The number of benzene rings is 1. The van der Waals surface area contributed by atoms with Crippen LogP contribution in [-0.2, 0) is 13.0 Å². The first-order valence-corrected chi connectivity index (χ1v) is 7.72. The normalized spacial score (nSPS) is 12.3. The molecule has 0 amide bonds. The summed E-state index contributed by atoms with van der Waals surface area (Å²) in [5, 5.41) is 8.10. The zero-order chi connectivity index (χ0) is 17.8. The Hall–Kier alpha value is -2.74. The van der Waals surface area contributed by atoms with E-state index < -0.39 is 23.5 Å². The van der Waals surface area contributed by atoms with E-state index >= 15 is 0 Å². The molecule has 0 bridgehead atoms. The highest BCUT2D eigenvalue weighted by atomic mass is 19.2. The van der Waals surface area contributed by atoms with Crippen molar-refractivity contribution in [2.24, 2.45) is 5.73 Å². The standard InChI is InChI=1S/C17H16F3N5/c18-14-9-16(20)15(19)8-12(14)7-13(21)3-6-25-10-17(23-24-25)11-1-4-22-5-2-11/h1-2,4-5,8-10,13H,3,6-7,21H2/t13-/m0/s1. The molecule has 1 aromatic carbocycles. The monoisotopic (exact) mass is 347 g/mol. The molecule has 0 aliphatic heterocycles. The van der Waals surface area contributed by atoms with Gasteiger partial charge in [-0.15, -0.1) is 5.10 Å². The molecule has 8 heteroatoms. The molecular weight excluding hydrogens is 331 g/mol. The van der Waals surface area contributed by atoms with Crippen LogP contribution in [-0.4, -0.2) is 26.0 Å². The van der Waals surface area contributed by atoms with Crippen LogP contribution < -0.4 is 5.73 Å². The van der Waals surface area contributed by atoms with E-state index in [0.717, 1.165) is 11.6 Å². The third-order valence-corrected chi connectivity index (χ3v) is 3.82. The summed E-state index contributed by atoms with van der Waals surface area (Å²) in [6.45, 7) is 0.477. The summed E-state index contributed by atoms with van der Waals surface area (Å²) in [7, 11) is 0. The number of pyridine rings is 1. The third-order valence-electron chi connectivity index (χ3n) is 3.82. The Morgan fingerprint density at radius 1 is 1.04 bits per heavy atom. The van der Waals surface area contributed by atoms with Gasteiger partial charge >= 0.3 is 0 Å². The van der Waals surface area contributed by atoms with Crippen LogP contribution in [0, 0.1) is 17.5 Å². The van der Waals surface area contributed by atoms with Crippen LogP contribution in [0.4, 0.5) is 13.2 Å². The van der Waals surface area contributed by atoms with Crippen molar-refractivity contribution in [3.63, 3.8) is 0 Å². The van der Waals surface area contributed by atoms with E-state index in [0.29, 0.717) is 24.7 Å². The topological polar surface area (TPSA) is 69.6 Å². The minimum Gasteiger partial charge on any atom is -0.327 e. The van der Waals surface area contributed by atoms with Crippen LogP contribution in [0.2, 0.25) is 0 Å². The van der Waals surface area contributed by atoms with E-state index in [-0.39, 0.29) is 12.0 Å². The number of aromatic nitrogens is 4. The summed E-state index contributed by atoms with van der Waals surface area (Å²) in [6.07, 6.45) is 5.70. The Morgan fingerprint density at radius 2 is 1.76 bits per heavy atom. The zero-order valence-electron chi connectivity index (χ0n) is 13.2. The van der Waals surface area contributed by atoms with Crippen LogP contribution in [0.1, 0.15) is 12.0 Å². The second-order valence-corrected chi connectivity index (χ2v) is 5.71. The first-order chi connectivity index (χ1) is 12.0. The SMILES string of the molecule is N[C@@H](CCn1cc(-c2ccncc2)nn1)Cc1cc(F)c(F)cc1F. The highest BCUT2D eigenvalue weighted by Crippen LogP contribution is 2.17. The van der Waals surface area contributed by atoms with E-state index in [9.17, 15) is 13.2 Å². The summed E-state index contributed by atoms with van der Waals surface area (Å²) in [5.41, 5.74) is 7.64. The van der Waals surface area contributed by atoms with Gasteiger partial charge in [-0.2, -0.15) is 0 Å². The molecule has 0 aliphatic rings. The van der Waals surface area contributed by atoms with Crippen molar-refractivity contribution < 1.29 is 13.2 Å². The van der Waals surface area contributed by atoms with E-state index in [4.69, 9.17) is 5.73 Å². The van der Waals surface area contributed by atoms with Gasteiger partial charge in [0.1, 0.15) is 11.5 Å². The Balaban J connectivity index is 1.59. The lowest BCUT2D eigenvalue weighted by atomic mass is 10.0. The maximum atomic E-state index is 13.7. The average Bonchev–Trinajstić information content (AvgIpc) is 3.08. The van der Waals surface area contributed by atoms with Gasteiger partial charge in [0.15, 0.2) is 11.6 Å². The first-order valence-electron chi connectivity index (χ1n) is 7.72. The summed E-state index contributed by atoms with van der Waals surface area (Å²) >= 11 is 0. The quantitative estimate of drug-likeness (QED) is 0.696. The Bertz CT molecular complexity index is 851. The third kappa shape index (κ3) is 4.21. The van der Waals surface area contributed by atoms with Gasteiger partial charge in [0.2, 0.25) is 0 Å². The van der Waals surface area contributed by atoms with Gasteiger partial charge in [0.05, 0.1) is 6.20 Å². The fourth-order valence-electron chi connectivity index (χ4n) is 2.47. The lowest BCUT2D eigenvalue weighted by Crippen LogP contribution is -2.25. The number of nitrogens with zero attached hydrogens (tertiary/aromatic N) is 4. The van der Waals surface area contributed by atoms with Crippen LogP contribution in [0.25, 0.3) is 11.3 Å². The van der Waals surface area contributed by atoms with Crippen molar-refractivity contribution in [2.45, 2.75) is 25.4 Å². The molecule has 2 aromatic heterocycles. The van der Waals surface area contributed by atoms with Gasteiger partial charge in [-0.25, -0.2) is 13.2 Å². The molecule has 2 heterocycles. The van der Waals surface area contributed by atoms with Crippen LogP contribution in [0.3, 0.4) is 0 Å². The predicted octanol–water partition coefficient (Wildman–Crippen LogP) is 2.72. The Morgan fingerprint density at radius 3 is 2.52 bits per heavy atom. The second kappa shape index (κ2) is 7.43. The Labute approximate surface area is 142 Å². The maximum Gasteiger partial charge on any atom is 0.161 e. The van der Waals surface area contributed by atoms with E-state index in [1.54, 1.807) is 23.3 Å². The van der Waals surface area contributed by atoms with E-state index in [1.807, 2.05) is 12.1 Å². The van der Waals surface area contributed by atoms with Gasteiger partial charge in [-0.05, 0) is 36.6 Å². The van der Waals surface area contributed by atoms with Crippen molar-refractivity contribution in [3.05, 3.63) is 65.9 Å². The molecule has 2 N–H and O–H groups in total. The summed E-state index contributed by atoms with van der Waals surface area (Å²) < 4.78 is 41.4. The molecular formula is C17H16F3N5. The summed E-state index contributed by atoms with van der Waals surface area (Å²) in [4.78, 5) is 3.94. The van der Waals surface area contributed by atoms with Crippen molar-refractivity contribution in [1.29, 1.82) is 0 Å². The summed E-state index contributed by atoms with van der Waals surface area (Å²) in [6, 6.07) is 4.61. The lowest BCUT2D eigenvalue weighted by Gasteiger charge is -2.12. The van der Waals surface area contributed by atoms with Gasteiger partial charge in [0, 0.05) is 36.6 Å². The highest BCUT2D eigenvalue weighted by Gasteiger charge is 2.13. The molecule has 3 rings (SSSR count). The van der Waals surface area contributed by atoms with Crippen molar-refractivity contribution in [1.82, 2.24) is 20.0 Å². The smallest absolute Gasteiger partial charge is 0.161 e. The molecule has 130 valence electrons. The van der Waals surface area contributed by atoms with Gasteiger partial charge in [0.25, 0.3) is 0 Å². The van der Waals surface area contributed by atoms with Crippen molar-refractivity contribution in [3.8, 4) is 11.3 Å². The molecule has 0 saturated heterocycles. The minimum atomic E-state index is -1.21. The number of hydrogen-bond donors (Lipinski definition) is 1. The van der Waals surface area contributed by atoms with Crippen LogP contribution >= 0.6 is 0 Å². The van der Waals surface area contributed by atoms with Crippen LogP contribution in [0.15, 0.2) is 42.9 Å². The van der Waals surface area contributed by atoms with Crippen molar-refractivity contribution in [2.75, 3.05) is 0 Å². The Kier molecular flexibility index (Phi) is 5.08. The molecule has 0 spiro atoms. The van der Waals surface area contributed by atoms with E-state index in [1.165, 1.54) is 0 Å². The first kappa shape index (κ1) is 17.1. The molecule has 0 radical (unpaired) electrons. The predicted molar refractivity (Wildman–Crippen MR) is 85.9 cm³/mol.